The average molecular weight is 577 g/mol. The second-order valence-electron chi connectivity index (χ2n) is 9.03. The zero-order valence-electron chi connectivity index (χ0n) is 46.3. The zero-order valence-corrected chi connectivity index (χ0v) is 21.3. The fraction of sp³-hybridized carbons (Fsp3) is 0. The van der Waals surface area contributed by atoms with Crippen LogP contribution in [-0.2, 0) is 0 Å². The van der Waals surface area contributed by atoms with E-state index in [1.807, 2.05) is 0 Å². The quantitative estimate of drug-likeness (QED) is 0.209. The Morgan fingerprint density at radius 3 is 2.00 bits per heavy atom. The largest absolute Gasteiger partial charge is 0.456 e. The van der Waals surface area contributed by atoms with Gasteiger partial charge in [0.15, 0.2) is 0 Å². The zero-order chi connectivity index (χ0) is 50.1. The summed E-state index contributed by atoms with van der Waals surface area (Å²) >= 11 is 0. The molecular weight excluding hydrogens is 526 g/mol. The molecule has 0 saturated carbocycles. The topological polar surface area (TPSA) is 29.5 Å². The van der Waals surface area contributed by atoms with Crippen LogP contribution in [0.3, 0.4) is 0 Å². The number of benzene rings is 7. The van der Waals surface area contributed by atoms with Crippen LogP contribution in [0.5, 0.6) is 0 Å². The Hall–Kier alpha value is -5.80. The van der Waals surface area contributed by atoms with E-state index in [1.165, 1.54) is 0 Å². The molecule has 0 saturated heterocycles. The van der Waals surface area contributed by atoms with Gasteiger partial charge < -0.3 is 13.7 Å². The summed E-state index contributed by atoms with van der Waals surface area (Å²) in [4.78, 5) is 0.499. The van der Waals surface area contributed by atoms with Gasteiger partial charge in [0.1, 0.15) is 22.3 Å². The van der Waals surface area contributed by atoms with Crippen LogP contribution in [0.15, 0.2) is 160 Å². The summed E-state index contributed by atoms with van der Waals surface area (Å²) in [7, 11) is 0. The molecule has 0 atom stereocenters. The number of anilines is 3. The second-order valence-corrected chi connectivity index (χ2v) is 9.03. The first-order valence-corrected chi connectivity index (χ1v) is 12.5. The highest BCUT2D eigenvalue weighted by Gasteiger charge is 2.20. The lowest BCUT2D eigenvalue weighted by atomic mass is 10.0. The van der Waals surface area contributed by atoms with Crippen molar-refractivity contribution < 1.29 is 43.1 Å². The van der Waals surface area contributed by atoms with Gasteiger partial charge in [0.2, 0.25) is 0 Å². The predicted molar refractivity (Wildman–Crippen MR) is 179 cm³/mol. The molecule has 0 bridgehead atoms. The van der Waals surface area contributed by atoms with Crippen molar-refractivity contribution in [3.8, 4) is 11.1 Å². The summed E-state index contributed by atoms with van der Waals surface area (Å²) in [6.07, 6.45) is 0. The van der Waals surface area contributed by atoms with E-state index in [2.05, 4.69) is 0 Å². The molecule has 0 fully saturated rings. The molecule has 0 unspecified atom stereocenters. The van der Waals surface area contributed by atoms with E-state index in [-0.39, 0.29) is 10.8 Å². The molecule has 202 valence electrons. The molecule has 0 amide bonds. The van der Waals surface area contributed by atoms with Gasteiger partial charge in [-0.05, 0) is 76.9 Å². The first-order chi connectivity index (χ1) is 31.7. The molecular formula is C40H25NO2. The minimum absolute atomic E-state index is 0.341. The third-order valence-electron chi connectivity index (χ3n) is 6.63. The molecule has 0 spiro atoms. The summed E-state index contributed by atoms with van der Waals surface area (Å²) < 4.78 is 232. The monoisotopic (exact) mass is 576 g/mol. The van der Waals surface area contributed by atoms with E-state index < -0.39 is 223 Å². The van der Waals surface area contributed by atoms with Gasteiger partial charge in [-0.2, -0.15) is 0 Å². The number of hydrogen-bond donors (Lipinski definition) is 0. The lowest BCUT2D eigenvalue weighted by molar-refractivity contribution is 0.669. The summed E-state index contributed by atoms with van der Waals surface area (Å²) in [5, 5.41) is -2.85. The van der Waals surface area contributed by atoms with Crippen molar-refractivity contribution in [2.75, 3.05) is 4.90 Å². The number of para-hydroxylation sites is 2. The van der Waals surface area contributed by atoms with Crippen LogP contribution in [0.1, 0.15) is 34.3 Å². The lowest BCUT2D eigenvalue weighted by Crippen LogP contribution is -2.10. The highest BCUT2D eigenvalue weighted by molar-refractivity contribution is 6.19. The Labute approximate surface area is 282 Å². The SMILES string of the molecule is [2H]c1c([2H])c([2H])c(N(c2c([2H])c([2H])c(-c3c([2H])c([2H])c4c(oc5c([2H])c([2H])c([2H])c([2H])c54)c3[2H])c([2H])c2[2H])c2c([2H])c([2H])c([2H])c3oc4c5c([2H])c([2H])c([2H])c([2H])c5c([2H])c([2H])c4c23)c([2H])c1[2H]. The van der Waals surface area contributed by atoms with Gasteiger partial charge in [-0.15, -0.1) is 0 Å². The molecule has 2 aromatic heterocycles. The van der Waals surface area contributed by atoms with Crippen LogP contribution in [0.25, 0.3) is 65.8 Å². The smallest absolute Gasteiger partial charge is 0.143 e. The van der Waals surface area contributed by atoms with E-state index in [0.29, 0.717) is 4.90 Å². The number of furan rings is 2. The fourth-order valence-corrected chi connectivity index (χ4v) is 4.78. The summed E-state index contributed by atoms with van der Waals surface area (Å²) in [6.45, 7) is 0. The minimum atomic E-state index is -1.16. The Morgan fingerprint density at radius 2 is 1.12 bits per heavy atom. The number of fused-ring (bicyclic) bond motifs is 8. The van der Waals surface area contributed by atoms with Crippen LogP contribution in [0.2, 0.25) is 0 Å². The molecule has 2 heterocycles. The molecule has 9 rings (SSSR count). The molecule has 9 aromatic rings. The lowest BCUT2D eigenvalue weighted by Gasteiger charge is -2.26. The maximum absolute atomic E-state index is 9.48. The van der Waals surface area contributed by atoms with Gasteiger partial charge in [0, 0.05) is 32.9 Å². The average Bonchev–Trinajstić information content (AvgIpc) is 3.91. The predicted octanol–water partition coefficient (Wildman–Crippen LogP) is 11.8. The van der Waals surface area contributed by atoms with E-state index in [4.69, 9.17) is 34.9 Å². The highest BCUT2D eigenvalue weighted by Crippen LogP contribution is 2.44. The van der Waals surface area contributed by atoms with E-state index in [9.17, 15) is 8.22 Å². The van der Waals surface area contributed by atoms with Crippen molar-refractivity contribution in [1.82, 2.24) is 0 Å². The summed E-state index contributed by atoms with van der Waals surface area (Å²) in [5.74, 6) is 0. The van der Waals surface area contributed by atoms with Gasteiger partial charge in [-0.1, -0.05) is 90.6 Å². The van der Waals surface area contributed by atoms with Crippen LogP contribution in [0.4, 0.5) is 17.1 Å². The summed E-state index contributed by atoms with van der Waals surface area (Å²) in [6, 6.07) is -22.5. The van der Waals surface area contributed by atoms with Crippen LogP contribution >= 0.6 is 0 Å². The molecule has 0 aliphatic carbocycles. The minimum Gasteiger partial charge on any atom is -0.456 e. The van der Waals surface area contributed by atoms with E-state index >= 15 is 0 Å². The normalized spacial score (nSPS) is 19.9. The van der Waals surface area contributed by atoms with Crippen molar-refractivity contribution >= 4 is 71.7 Å². The van der Waals surface area contributed by atoms with Crippen molar-refractivity contribution in [3.63, 3.8) is 0 Å². The third kappa shape index (κ3) is 3.75. The molecule has 43 heavy (non-hydrogen) atoms. The maximum Gasteiger partial charge on any atom is 0.143 e. The second kappa shape index (κ2) is 9.37. The highest BCUT2D eigenvalue weighted by atomic mass is 16.3. The molecule has 0 N–H and O–H groups in total. The fourth-order valence-electron chi connectivity index (χ4n) is 4.78. The Balaban J connectivity index is 1.47. The Kier molecular flexibility index (Phi) is 2.15. The van der Waals surface area contributed by atoms with Crippen molar-refractivity contribution in [2.24, 2.45) is 0 Å². The van der Waals surface area contributed by atoms with Crippen molar-refractivity contribution in [2.45, 2.75) is 0 Å². The van der Waals surface area contributed by atoms with E-state index in [1.54, 1.807) is 0 Å². The Morgan fingerprint density at radius 1 is 0.442 bits per heavy atom. The number of rotatable bonds is 4. The van der Waals surface area contributed by atoms with E-state index in [0.717, 1.165) is 0 Å². The Bertz CT molecular complexity index is 3820. The first kappa shape index (κ1) is 9.89. The molecule has 0 aliphatic heterocycles. The van der Waals surface area contributed by atoms with Gasteiger partial charge >= 0.3 is 0 Å². The molecule has 3 heteroatoms. The standard InChI is InChI=1S/C40H25NO2/c1-2-10-29(11-3-1)41(35-14-8-16-37-39(35)34-24-19-27-9-4-5-12-31(27)40(34)43-37)30-21-17-26(18-22-30)28-20-23-33-32-13-6-7-15-36(32)42-38(33)25-28/h1-25H/i1D,2D,3D,4D,5D,6D,7D,8D,9D,10D,11D,12D,13D,14D,15D,16D,17D,18D,19D,20D,21D,22D,23D,24D,25D. The van der Waals surface area contributed by atoms with Crippen LogP contribution in [-0.4, -0.2) is 0 Å². The molecule has 7 aromatic carbocycles. The molecule has 0 aliphatic rings. The summed E-state index contributed by atoms with van der Waals surface area (Å²) in [5.41, 5.74) is -6.73. The van der Waals surface area contributed by atoms with Crippen molar-refractivity contribution in [3.05, 3.63) is 151 Å². The van der Waals surface area contributed by atoms with Crippen LogP contribution in [0, 0.1) is 0 Å². The maximum atomic E-state index is 9.48. The molecule has 0 radical (unpaired) electrons. The van der Waals surface area contributed by atoms with Gasteiger partial charge in [-0.3, -0.25) is 0 Å². The third-order valence-corrected chi connectivity index (χ3v) is 6.63. The van der Waals surface area contributed by atoms with Gasteiger partial charge in [0.05, 0.1) is 45.3 Å². The number of nitrogens with zero attached hydrogens (tertiary/aromatic N) is 1. The molecule has 3 nitrogen and oxygen atoms in total. The van der Waals surface area contributed by atoms with Crippen LogP contribution < -0.4 is 4.90 Å². The van der Waals surface area contributed by atoms with Gasteiger partial charge in [-0.25, -0.2) is 0 Å². The first-order valence-electron chi connectivity index (χ1n) is 25.0. The van der Waals surface area contributed by atoms with Crippen molar-refractivity contribution in [1.29, 1.82) is 0 Å². The van der Waals surface area contributed by atoms with Gasteiger partial charge in [0.25, 0.3) is 0 Å². The number of hydrogen-bond acceptors (Lipinski definition) is 3.